The largest absolute Gasteiger partial charge is 0.406 e. The molecular formula is C11H11F4N3O. The molecular weight excluding hydrogens is 266 g/mol. The molecule has 0 aromatic carbocycles. The van der Waals surface area contributed by atoms with E-state index in [0.29, 0.717) is 17.7 Å². The van der Waals surface area contributed by atoms with Crippen molar-refractivity contribution < 1.29 is 22.4 Å². The van der Waals surface area contributed by atoms with Crippen LogP contribution in [0, 0.1) is 5.82 Å². The number of carbonyl (C=O) groups excluding carboxylic acids is 1. The SMILES string of the molecule is Nc1nccc(C(=O)N(CC(F)(F)F)C2CC2)c1F. The van der Waals surface area contributed by atoms with Gasteiger partial charge in [0.05, 0.1) is 5.56 Å². The van der Waals surface area contributed by atoms with Crippen LogP contribution in [0.5, 0.6) is 0 Å². The molecule has 19 heavy (non-hydrogen) atoms. The average Bonchev–Trinajstić information content (AvgIpc) is 3.12. The van der Waals surface area contributed by atoms with Crippen LogP contribution in [0.2, 0.25) is 0 Å². The fraction of sp³-hybridized carbons (Fsp3) is 0.455. The molecule has 0 aliphatic heterocycles. The maximum absolute atomic E-state index is 13.6. The Morgan fingerprint density at radius 2 is 2.11 bits per heavy atom. The van der Waals surface area contributed by atoms with Crippen molar-refractivity contribution in [1.29, 1.82) is 0 Å². The highest BCUT2D eigenvalue weighted by Crippen LogP contribution is 2.32. The fourth-order valence-corrected chi connectivity index (χ4v) is 1.73. The Balaban J connectivity index is 2.27. The van der Waals surface area contributed by atoms with Gasteiger partial charge in [-0.2, -0.15) is 13.2 Å². The van der Waals surface area contributed by atoms with Crippen molar-refractivity contribution in [3.05, 3.63) is 23.6 Å². The number of hydrogen-bond donors (Lipinski definition) is 1. The van der Waals surface area contributed by atoms with Gasteiger partial charge in [0, 0.05) is 12.2 Å². The molecule has 1 aliphatic rings. The normalized spacial score (nSPS) is 15.4. The molecule has 1 heterocycles. The van der Waals surface area contributed by atoms with Crippen molar-refractivity contribution in [1.82, 2.24) is 9.88 Å². The number of anilines is 1. The van der Waals surface area contributed by atoms with Gasteiger partial charge in [-0.15, -0.1) is 0 Å². The second kappa shape index (κ2) is 4.67. The topological polar surface area (TPSA) is 59.2 Å². The van der Waals surface area contributed by atoms with Crippen molar-refractivity contribution in [3.8, 4) is 0 Å². The van der Waals surface area contributed by atoms with E-state index in [1.165, 1.54) is 0 Å². The number of aromatic nitrogens is 1. The van der Waals surface area contributed by atoms with E-state index in [4.69, 9.17) is 5.73 Å². The maximum Gasteiger partial charge on any atom is 0.406 e. The average molecular weight is 277 g/mol. The number of pyridine rings is 1. The van der Waals surface area contributed by atoms with E-state index >= 15 is 0 Å². The smallest absolute Gasteiger partial charge is 0.381 e. The zero-order valence-corrected chi connectivity index (χ0v) is 9.75. The molecule has 2 rings (SSSR count). The molecule has 4 nitrogen and oxygen atoms in total. The first-order valence-corrected chi connectivity index (χ1v) is 5.57. The summed E-state index contributed by atoms with van der Waals surface area (Å²) < 4.78 is 50.9. The molecule has 1 amide bonds. The summed E-state index contributed by atoms with van der Waals surface area (Å²) in [6.07, 6.45) is -2.45. The van der Waals surface area contributed by atoms with Crippen molar-refractivity contribution in [2.75, 3.05) is 12.3 Å². The Hall–Kier alpha value is -1.86. The molecule has 0 saturated heterocycles. The molecule has 0 spiro atoms. The minimum atomic E-state index is -4.52. The van der Waals surface area contributed by atoms with E-state index < -0.39 is 41.9 Å². The number of halogens is 4. The van der Waals surface area contributed by atoms with Crippen molar-refractivity contribution >= 4 is 11.7 Å². The number of carbonyl (C=O) groups is 1. The number of nitrogens with zero attached hydrogens (tertiary/aromatic N) is 2. The summed E-state index contributed by atoms with van der Waals surface area (Å²) >= 11 is 0. The van der Waals surface area contributed by atoms with E-state index in [0.717, 1.165) is 12.3 Å². The molecule has 0 atom stereocenters. The highest BCUT2D eigenvalue weighted by molar-refractivity contribution is 5.95. The third kappa shape index (κ3) is 3.12. The summed E-state index contributed by atoms with van der Waals surface area (Å²) in [4.78, 5) is 16.0. The molecule has 1 aliphatic carbocycles. The lowest BCUT2D eigenvalue weighted by atomic mass is 10.2. The first kappa shape index (κ1) is 13.6. The van der Waals surface area contributed by atoms with Crippen LogP contribution in [0.25, 0.3) is 0 Å². The number of rotatable bonds is 3. The fourth-order valence-electron chi connectivity index (χ4n) is 1.73. The van der Waals surface area contributed by atoms with Crippen molar-refractivity contribution in [2.24, 2.45) is 0 Å². The molecule has 2 N–H and O–H groups in total. The van der Waals surface area contributed by atoms with Crippen molar-refractivity contribution in [2.45, 2.75) is 25.1 Å². The third-order valence-corrected chi connectivity index (χ3v) is 2.74. The van der Waals surface area contributed by atoms with Crippen LogP contribution in [0.4, 0.5) is 23.4 Å². The molecule has 104 valence electrons. The summed E-state index contributed by atoms with van der Waals surface area (Å²) in [7, 11) is 0. The molecule has 1 saturated carbocycles. The van der Waals surface area contributed by atoms with Gasteiger partial charge in [-0.25, -0.2) is 9.37 Å². The second-order valence-electron chi connectivity index (χ2n) is 4.34. The van der Waals surface area contributed by atoms with E-state index in [9.17, 15) is 22.4 Å². The zero-order valence-electron chi connectivity index (χ0n) is 9.75. The summed E-state index contributed by atoms with van der Waals surface area (Å²) in [5.74, 6) is -2.60. The lowest BCUT2D eigenvalue weighted by Crippen LogP contribution is -2.41. The highest BCUT2D eigenvalue weighted by atomic mass is 19.4. The first-order chi connectivity index (χ1) is 8.79. The predicted molar refractivity (Wildman–Crippen MR) is 58.7 cm³/mol. The van der Waals surface area contributed by atoms with Gasteiger partial charge < -0.3 is 10.6 Å². The van der Waals surface area contributed by atoms with E-state index in [2.05, 4.69) is 4.98 Å². The lowest BCUT2D eigenvalue weighted by Gasteiger charge is -2.24. The zero-order chi connectivity index (χ0) is 14.2. The Bertz CT molecular complexity index is 499. The van der Waals surface area contributed by atoms with Crippen LogP contribution in [0.1, 0.15) is 23.2 Å². The van der Waals surface area contributed by atoms with Crippen LogP contribution < -0.4 is 5.73 Å². The van der Waals surface area contributed by atoms with Crippen LogP contribution in [0.3, 0.4) is 0 Å². The summed E-state index contributed by atoms with van der Waals surface area (Å²) in [5, 5.41) is 0. The van der Waals surface area contributed by atoms with Gasteiger partial charge in [-0.05, 0) is 18.9 Å². The Morgan fingerprint density at radius 3 is 2.63 bits per heavy atom. The number of alkyl halides is 3. The van der Waals surface area contributed by atoms with Gasteiger partial charge in [0.25, 0.3) is 5.91 Å². The second-order valence-corrected chi connectivity index (χ2v) is 4.34. The third-order valence-electron chi connectivity index (χ3n) is 2.74. The van der Waals surface area contributed by atoms with Crippen LogP contribution in [0.15, 0.2) is 12.3 Å². The van der Waals surface area contributed by atoms with Gasteiger partial charge in [0.2, 0.25) is 0 Å². The minimum Gasteiger partial charge on any atom is -0.381 e. The molecule has 1 aromatic rings. The van der Waals surface area contributed by atoms with E-state index in [1.807, 2.05) is 0 Å². The minimum absolute atomic E-state index is 0.483. The molecule has 0 radical (unpaired) electrons. The van der Waals surface area contributed by atoms with Crippen molar-refractivity contribution in [3.63, 3.8) is 0 Å². The van der Waals surface area contributed by atoms with Gasteiger partial charge in [0.1, 0.15) is 6.54 Å². The van der Waals surface area contributed by atoms with E-state index in [-0.39, 0.29) is 0 Å². The van der Waals surface area contributed by atoms with Crippen LogP contribution >= 0.6 is 0 Å². The molecule has 8 heteroatoms. The van der Waals surface area contributed by atoms with Crippen LogP contribution in [-0.4, -0.2) is 34.6 Å². The number of hydrogen-bond acceptors (Lipinski definition) is 3. The first-order valence-electron chi connectivity index (χ1n) is 5.57. The van der Waals surface area contributed by atoms with E-state index in [1.54, 1.807) is 0 Å². The Kier molecular flexibility index (Phi) is 3.34. The number of nitrogen functional groups attached to an aromatic ring is 1. The molecule has 0 bridgehead atoms. The number of amides is 1. The summed E-state index contributed by atoms with van der Waals surface area (Å²) in [6.45, 7) is -1.39. The summed E-state index contributed by atoms with van der Waals surface area (Å²) in [6, 6.07) is 0.544. The van der Waals surface area contributed by atoms with Gasteiger partial charge in [-0.3, -0.25) is 4.79 Å². The number of nitrogens with two attached hydrogens (primary N) is 1. The van der Waals surface area contributed by atoms with Gasteiger partial charge >= 0.3 is 6.18 Å². The van der Waals surface area contributed by atoms with Crippen LogP contribution in [-0.2, 0) is 0 Å². The Labute approximate surface area is 106 Å². The molecule has 1 aromatic heterocycles. The molecule has 0 unspecified atom stereocenters. The quantitative estimate of drug-likeness (QED) is 0.859. The highest BCUT2D eigenvalue weighted by Gasteiger charge is 2.41. The standard InChI is InChI=1S/C11H11F4N3O/c12-8-7(3-4-17-9(8)16)10(19)18(6-1-2-6)5-11(13,14)15/h3-4,6H,1-2,5H2,(H2,16,17). The lowest BCUT2D eigenvalue weighted by molar-refractivity contribution is -0.141. The van der Waals surface area contributed by atoms with Gasteiger partial charge in [0.15, 0.2) is 11.6 Å². The van der Waals surface area contributed by atoms with Gasteiger partial charge in [-0.1, -0.05) is 0 Å². The maximum atomic E-state index is 13.6. The predicted octanol–water partition coefficient (Wildman–Crippen LogP) is 1.97. The Morgan fingerprint density at radius 1 is 1.47 bits per heavy atom. The molecule has 1 fully saturated rings. The summed E-state index contributed by atoms with van der Waals surface area (Å²) in [5.41, 5.74) is 4.72. The monoisotopic (exact) mass is 277 g/mol.